The molecule has 156 valence electrons. The number of allylic oxidation sites excluding steroid dienone is 2. The monoisotopic (exact) mass is 404 g/mol. The van der Waals surface area contributed by atoms with Crippen molar-refractivity contribution in [3.8, 4) is 0 Å². The molecule has 6 heteroatoms. The van der Waals surface area contributed by atoms with Crippen LogP contribution in [0.2, 0.25) is 18.1 Å². The predicted molar refractivity (Wildman–Crippen MR) is 107 cm³/mol. The third-order valence-electron chi connectivity index (χ3n) is 5.69. The van der Waals surface area contributed by atoms with E-state index < -0.39 is 36.7 Å². The summed E-state index contributed by atoms with van der Waals surface area (Å²) >= 11 is 0. The van der Waals surface area contributed by atoms with E-state index in [1.807, 2.05) is 41.5 Å². The minimum Gasteiger partial charge on any atom is -0.394 e. The van der Waals surface area contributed by atoms with E-state index in [1.165, 1.54) is 0 Å². The molecule has 0 aromatic heterocycles. The summed E-state index contributed by atoms with van der Waals surface area (Å²) in [6, 6.07) is 1.62. The second-order valence-corrected chi connectivity index (χ2v) is 14.2. The van der Waals surface area contributed by atoms with Crippen molar-refractivity contribution in [3.63, 3.8) is 0 Å². The van der Waals surface area contributed by atoms with Crippen LogP contribution in [0.1, 0.15) is 62.3 Å². The van der Waals surface area contributed by atoms with Crippen LogP contribution in [0, 0.1) is 10.8 Å². The highest BCUT2D eigenvalue weighted by Gasteiger charge is 2.67. The Morgan fingerprint density at radius 3 is 1.63 bits per heavy atom. The molecular weight excluding hydrogens is 369 g/mol. The Morgan fingerprint density at radius 1 is 0.889 bits per heavy atom. The molecule has 0 aromatic rings. The maximum atomic E-state index is 14.6. The fraction of sp³-hybridized carbons (Fsp3) is 0.762. The van der Waals surface area contributed by atoms with E-state index in [2.05, 4.69) is 0 Å². The Balaban J connectivity index is 3.85. The van der Waals surface area contributed by atoms with Crippen LogP contribution in [-0.2, 0) is 9.22 Å². The van der Waals surface area contributed by atoms with Crippen molar-refractivity contribution in [2.45, 2.75) is 92.2 Å². The van der Waals surface area contributed by atoms with Gasteiger partial charge in [-0.3, -0.25) is 4.79 Å². The molecule has 27 heavy (non-hydrogen) atoms. The molecule has 0 aliphatic heterocycles. The zero-order chi connectivity index (χ0) is 21.5. The van der Waals surface area contributed by atoms with E-state index in [9.17, 15) is 18.0 Å². The second kappa shape index (κ2) is 7.51. The van der Waals surface area contributed by atoms with Gasteiger partial charge < -0.3 is 4.43 Å². The molecule has 0 bridgehead atoms. The van der Waals surface area contributed by atoms with Crippen LogP contribution < -0.4 is 0 Å². The van der Waals surface area contributed by atoms with Gasteiger partial charge >= 0.3 is 6.18 Å². The largest absolute Gasteiger partial charge is 0.428 e. The Kier molecular flexibility index (Phi) is 6.71. The number of alkyl halides is 3. The Hall–Kier alpha value is -0.883. The summed E-state index contributed by atoms with van der Waals surface area (Å²) in [5.74, 6) is -0.987. The van der Waals surface area contributed by atoms with Crippen LogP contribution in [0.5, 0.6) is 0 Å². The molecule has 1 rings (SSSR count). The zero-order valence-corrected chi connectivity index (χ0v) is 19.2. The van der Waals surface area contributed by atoms with E-state index in [0.29, 0.717) is 23.7 Å². The van der Waals surface area contributed by atoms with Crippen LogP contribution in [0.4, 0.5) is 13.2 Å². The fourth-order valence-electron chi connectivity index (χ4n) is 3.60. The van der Waals surface area contributed by atoms with Gasteiger partial charge in [0.2, 0.25) is 11.4 Å². The molecule has 0 fully saturated rings. The summed E-state index contributed by atoms with van der Waals surface area (Å²) in [6.45, 7) is 16.4. The van der Waals surface area contributed by atoms with Gasteiger partial charge in [0, 0.05) is 0 Å². The molecule has 0 saturated heterocycles. The standard InChI is InChI=1S/C21H35F3O2Si/c1-10-27(11-2,12-3)26-20(21(22,23)24)16(19(7,8)9)13-15(14-17(20)25)18(4,5)6/h13-14H,10-12H2,1-9H3. The molecule has 0 spiro atoms. The summed E-state index contributed by atoms with van der Waals surface area (Å²) in [5, 5.41) is 0. The summed E-state index contributed by atoms with van der Waals surface area (Å²) in [5.41, 5.74) is -3.55. The quantitative estimate of drug-likeness (QED) is 0.469. The lowest BCUT2D eigenvalue weighted by atomic mass is 9.67. The SMILES string of the molecule is CC[Si](CC)(CC)OC1(C(F)(F)F)C(=O)C=C(C(C)(C)C)C=C1C(C)(C)C. The normalized spacial score (nSPS) is 22.6. The number of hydrogen-bond donors (Lipinski definition) is 0. The maximum Gasteiger partial charge on any atom is 0.428 e. The van der Waals surface area contributed by atoms with Crippen LogP contribution in [0.25, 0.3) is 0 Å². The highest BCUT2D eigenvalue weighted by Crippen LogP contribution is 2.52. The van der Waals surface area contributed by atoms with Gasteiger partial charge in [-0.15, -0.1) is 0 Å². The van der Waals surface area contributed by atoms with Crippen molar-refractivity contribution < 1.29 is 22.4 Å². The molecule has 1 aliphatic rings. The molecular formula is C21H35F3O2Si. The lowest BCUT2D eigenvalue weighted by molar-refractivity contribution is -0.232. The molecule has 0 amide bonds. The maximum absolute atomic E-state index is 14.6. The minimum absolute atomic E-state index is 0.0205. The molecule has 1 aliphatic carbocycles. The number of rotatable bonds is 5. The van der Waals surface area contributed by atoms with Crippen molar-refractivity contribution in [1.82, 2.24) is 0 Å². The fourth-order valence-corrected chi connectivity index (χ4v) is 6.51. The van der Waals surface area contributed by atoms with Gasteiger partial charge in [-0.25, -0.2) is 0 Å². The first-order chi connectivity index (χ1) is 12.0. The van der Waals surface area contributed by atoms with Crippen LogP contribution >= 0.6 is 0 Å². The first-order valence-electron chi connectivity index (χ1n) is 9.77. The Labute approximate surface area is 163 Å². The van der Waals surface area contributed by atoms with Crippen molar-refractivity contribution in [1.29, 1.82) is 0 Å². The van der Waals surface area contributed by atoms with Crippen molar-refractivity contribution in [2.75, 3.05) is 0 Å². The Bertz CT molecular complexity index is 621. The molecule has 1 atom stereocenters. The Morgan fingerprint density at radius 2 is 1.33 bits per heavy atom. The van der Waals surface area contributed by atoms with Crippen molar-refractivity contribution >= 4 is 14.1 Å². The minimum atomic E-state index is -4.82. The third-order valence-corrected chi connectivity index (χ3v) is 10.3. The van der Waals surface area contributed by atoms with Gasteiger partial charge in [0.05, 0.1) is 0 Å². The lowest BCUT2D eigenvalue weighted by Gasteiger charge is -2.48. The van der Waals surface area contributed by atoms with Crippen LogP contribution in [-0.4, -0.2) is 25.9 Å². The summed E-state index contributed by atoms with van der Waals surface area (Å²) in [6.07, 6.45) is -2.10. The van der Waals surface area contributed by atoms with Gasteiger partial charge in [-0.1, -0.05) is 68.4 Å². The predicted octanol–water partition coefficient (Wildman–Crippen LogP) is 6.84. The molecule has 0 N–H and O–H groups in total. The van der Waals surface area contributed by atoms with E-state index in [4.69, 9.17) is 4.43 Å². The first kappa shape index (κ1) is 24.2. The van der Waals surface area contributed by atoms with Crippen molar-refractivity contribution in [3.05, 3.63) is 23.3 Å². The van der Waals surface area contributed by atoms with E-state index in [0.717, 1.165) is 6.08 Å². The second-order valence-electron chi connectivity index (χ2n) is 9.55. The third kappa shape index (κ3) is 4.42. The van der Waals surface area contributed by atoms with Gasteiger partial charge in [-0.05, 0) is 46.2 Å². The van der Waals surface area contributed by atoms with Gasteiger partial charge in [0.1, 0.15) is 0 Å². The number of carbonyl (C=O) groups excluding carboxylic acids is 1. The number of ketones is 1. The van der Waals surface area contributed by atoms with Crippen LogP contribution in [0.15, 0.2) is 23.3 Å². The zero-order valence-electron chi connectivity index (χ0n) is 18.2. The van der Waals surface area contributed by atoms with Crippen molar-refractivity contribution in [2.24, 2.45) is 10.8 Å². The van der Waals surface area contributed by atoms with E-state index in [1.54, 1.807) is 26.8 Å². The number of carbonyl (C=O) groups is 1. The topological polar surface area (TPSA) is 26.3 Å². The summed E-state index contributed by atoms with van der Waals surface area (Å²) in [7, 11) is -2.73. The molecule has 0 radical (unpaired) electrons. The molecule has 1 unspecified atom stereocenters. The molecule has 0 saturated carbocycles. The van der Waals surface area contributed by atoms with Gasteiger partial charge in [0.25, 0.3) is 0 Å². The smallest absolute Gasteiger partial charge is 0.394 e. The summed E-state index contributed by atoms with van der Waals surface area (Å²) < 4.78 is 49.8. The highest BCUT2D eigenvalue weighted by atomic mass is 28.4. The summed E-state index contributed by atoms with van der Waals surface area (Å²) in [4.78, 5) is 13.2. The van der Waals surface area contributed by atoms with Gasteiger partial charge in [-0.2, -0.15) is 13.2 Å². The number of halogens is 3. The highest BCUT2D eigenvalue weighted by molar-refractivity contribution is 6.73. The van der Waals surface area contributed by atoms with Gasteiger partial charge in [0.15, 0.2) is 8.32 Å². The molecule has 2 nitrogen and oxygen atoms in total. The number of hydrogen-bond acceptors (Lipinski definition) is 2. The average molecular weight is 405 g/mol. The molecule has 0 heterocycles. The first-order valence-corrected chi connectivity index (χ1v) is 12.3. The lowest BCUT2D eigenvalue weighted by Crippen LogP contribution is -2.63. The average Bonchev–Trinajstić information content (AvgIpc) is 2.50. The van der Waals surface area contributed by atoms with E-state index in [-0.39, 0.29) is 5.57 Å². The van der Waals surface area contributed by atoms with E-state index >= 15 is 0 Å². The van der Waals surface area contributed by atoms with Crippen LogP contribution in [0.3, 0.4) is 0 Å². The molecule has 0 aromatic carbocycles.